The molecule has 1 aromatic carbocycles. The van der Waals surface area contributed by atoms with Crippen molar-refractivity contribution in [3.8, 4) is 0 Å². The molecule has 128 valence electrons. The maximum absolute atomic E-state index is 4.35. The average molecular weight is 324 g/mol. The second-order valence-electron chi connectivity index (χ2n) is 6.50. The highest BCUT2D eigenvalue weighted by atomic mass is 15.3. The molecule has 2 aromatic rings. The van der Waals surface area contributed by atoms with Crippen molar-refractivity contribution in [1.29, 1.82) is 0 Å². The quantitative estimate of drug-likeness (QED) is 0.723. The number of benzene rings is 1. The standard InChI is InChI=1S/C20H28N4/c1-2-3-4-5-7-18-8-10-19(11-9-18)23-14-16-24(17-15-23)20-21-12-6-13-22-20/h6,8-13H,2-5,7,14-17H2,1H3. The zero-order chi connectivity index (χ0) is 16.6. The highest BCUT2D eigenvalue weighted by molar-refractivity contribution is 5.49. The molecule has 1 fully saturated rings. The molecule has 0 unspecified atom stereocenters. The SMILES string of the molecule is CCCCCCc1ccc(N2CCN(c3ncccn3)CC2)cc1. The number of aromatic nitrogens is 2. The van der Waals surface area contributed by atoms with Crippen LogP contribution in [0.2, 0.25) is 0 Å². The summed E-state index contributed by atoms with van der Waals surface area (Å²) >= 11 is 0. The molecule has 4 heteroatoms. The summed E-state index contributed by atoms with van der Waals surface area (Å²) in [7, 11) is 0. The van der Waals surface area contributed by atoms with Gasteiger partial charge in [-0.2, -0.15) is 0 Å². The molecule has 4 nitrogen and oxygen atoms in total. The number of piperazine rings is 1. The highest BCUT2D eigenvalue weighted by Gasteiger charge is 2.18. The lowest BCUT2D eigenvalue weighted by molar-refractivity contribution is 0.639. The van der Waals surface area contributed by atoms with Crippen molar-refractivity contribution < 1.29 is 0 Å². The lowest BCUT2D eigenvalue weighted by Crippen LogP contribution is -2.47. The smallest absolute Gasteiger partial charge is 0.225 e. The molecule has 2 heterocycles. The van der Waals surface area contributed by atoms with E-state index in [1.807, 2.05) is 18.5 Å². The van der Waals surface area contributed by atoms with E-state index in [9.17, 15) is 0 Å². The van der Waals surface area contributed by atoms with Gasteiger partial charge >= 0.3 is 0 Å². The minimum atomic E-state index is 0.847. The summed E-state index contributed by atoms with van der Waals surface area (Å²) < 4.78 is 0. The summed E-state index contributed by atoms with van der Waals surface area (Å²) in [4.78, 5) is 13.4. The first-order chi connectivity index (χ1) is 11.9. The molecule has 0 atom stereocenters. The predicted molar refractivity (Wildman–Crippen MR) is 101 cm³/mol. The van der Waals surface area contributed by atoms with Gasteiger partial charge < -0.3 is 9.80 Å². The molecule has 0 radical (unpaired) electrons. The van der Waals surface area contributed by atoms with Crippen LogP contribution in [0.25, 0.3) is 0 Å². The lowest BCUT2D eigenvalue weighted by atomic mass is 10.1. The van der Waals surface area contributed by atoms with Crippen LogP contribution in [-0.4, -0.2) is 36.1 Å². The van der Waals surface area contributed by atoms with Crippen molar-refractivity contribution in [2.75, 3.05) is 36.0 Å². The van der Waals surface area contributed by atoms with Crippen molar-refractivity contribution in [2.24, 2.45) is 0 Å². The van der Waals surface area contributed by atoms with Gasteiger partial charge in [-0.25, -0.2) is 9.97 Å². The first-order valence-electron chi connectivity index (χ1n) is 9.22. The molecule has 1 saturated heterocycles. The second-order valence-corrected chi connectivity index (χ2v) is 6.50. The van der Waals surface area contributed by atoms with Gasteiger partial charge in [0, 0.05) is 44.3 Å². The Hall–Kier alpha value is -2.10. The predicted octanol–water partition coefficient (Wildman–Crippen LogP) is 3.93. The first-order valence-corrected chi connectivity index (χ1v) is 9.22. The van der Waals surface area contributed by atoms with Gasteiger partial charge in [0.15, 0.2) is 0 Å². The van der Waals surface area contributed by atoms with E-state index in [-0.39, 0.29) is 0 Å². The molecule has 0 saturated carbocycles. The number of hydrogen-bond acceptors (Lipinski definition) is 4. The number of anilines is 2. The van der Waals surface area contributed by atoms with E-state index in [4.69, 9.17) is 0 Å². The summed E-state index contributed by atoms with van der Waals surface area (Å²) in [5.74, 6) is 0.847. The number of aryl methyl sites for hydroxylation is 1. The summed E-state index contributed by atoms with van der Waals surface area (Å²) in [5.41, 5.74) is 2.80. The van der Waals surface area contributed by atoms with Crippen molar-refractivity contribution >= 4 is 11.6 Å². The third-order valence-electron chi connectivity index (χ3n) is 4.74. The first kappa shape index (κ1) is 16.7. The Morgan fingerprint density at radius 1 is 0.833 bits per heavy atom. The Labute approximate surface area is 145 Å². The highest BCUT2D eigenvalue weighted by Crippen LogP contribution is 2.19. The van der Waals surface area contributed by atoms with Crippen LogP contribution in [0.1, 0.15) is 38.2 Å². The number of unbranched alkanes of at least 4 members (excludes halogenated alkanes) is 3. The summed E-state index contributed by atoms with van der Waals surface area (Å²) in [6.07, 6.45) is 10.2. The van der Waals surface area contributed by atoms with Crippen LogP contribution in [0.5, 0.6) is 0 Å². The van der Waals surface area contributed by atoms with Crippen LogP contribution < -0.4 is 9.80 Å². The van der Waals surface area contributed by atoms with E-state index >= 15 is 0 Å². The third-order valence-corrected chi connectivity index (χ3v) is 4.74. The maximum Gasteiger partial charge on any atom is 0.225 e. The largest absolute Gasteiger partial charge is 0.368 e. The van der Waals surface area contributed by atoms with E-state index in [2.05, 4.69) is 51.0 Å². The van der Waals surface area contributed by atoms with Gasteiger partial charge in [-0.3, -0.25) is 0 Å². The van der Waals surface area contributed by atoms with Crippen LogP contribution >= 0.6 is 0 Å². The lowest BCUT2D eigenvalue weighted by Gasteiger charge is -2.36. The molecule has 1 aliphatic rings. The Kier molecular flexibility index (Phi) is 6.05. The fraction of sp³-hybridized carbons (Fsp3) is 0.500. The summed E-state index contributed by atoms with van der Waals surface area (Å²) in [6, 6.07) is 11.0. The Morgan fingerprint density at radius 2 is 1.50 bits per heavy atom. The van der Waals surface area contributed by atoms with Crippen molar-refractivity contribution in [3.63, 3.8) is 0 Å². The molecule has 0 spiro atoms. The van der Waals surface area contributed by atoms with Crippen LogP contribution in [-0.2, 0) is 6.42 Å². The van der Waals surface area contributed by atoms with Gasteiger partial charge in [0.2, 0.25) is 5.95 Å². The normalized spacial score (nSPS) is 14.9. The maximum atomic E-state index is 4.35. The van der Waals surface area contributed by atoms with Crippen LogP contribution in [0.15, 0.2) is 42.7 Å². The molecule has 3 rings (SSSR count). The molecule has 1 aliphatic heterocycles. The summed E-state index contributed by atoms with van der Waals surface area (Å²) in [5, 5.41) is 0. The molecule has 24 heavy (non-hydrogen) atoms. The van der Waals surface area contributed by atoms with Gasteiger partial charge in [-0.15, -0.1) is 0 Å². The van der Waals surface area contributed by atoms with Gasteiger partial charge in [0.1, 0.15) is 0 Å². The average Bonchev–Trinajstić information content (AvgIpc) is 2.67. The topological polar surface area (TPSA) is 32.3 Å². The molecular weight excluding hydrogens is 296 g/mol. The number of rotatable bonds is 7. The Morgan fingerprint density at radius 3 is 2.17 bits per heavy atom. The third kappa shape index (κ3) is 4.47. The zero-order valence-electron chi connectivity index (χ0n) is 14.7. The van der Waals surface area contributed by atoms with Crippen LogP contribution in [0, 0.1) is 0 Å². The molecule has 1 aromatic heterocycles. The number of nitrogens with zero attached hydrogens (tertiary/aromatic N) is 4. The summed E-state index contributed by atoms with van der Waals surface area (Å²) in [6.45, 7) is 6.26. The van der Waals surface area contributed by atoms with Crippen LogP contribution in [0.4, 0.5) is 11.6 Å². The fourth-order valence-corrected chi connectivity index (χ4v) is 3.25. The van der Waals surface area contributed by atoms with Gasteiger partial charge in [-0.1, -0.05) is 38.3 Å². The number of hydrogen-bond donors (Lipinski definition) is 0. The molecule has 0 bridgehead atoms. The molecule has 0 N–H and O–H groups in total. The fourth-order valence-electron chi connectivity index (χ4n) is 3.25. The van der Waals surface area contributed by atoms with Gasteiger partial charge in [0.05, 0.1) is 0 Å². The van der Waals surface area contributed by atoms with Gasteiger partial charge in [0.25, 0.3) is 0 Å². The second kappa shape index (κ2) is 8.67. The minimum Gasteiger partial charge on any atom is -0.368 e. The Bertz CT molecular complexity index is 589. The Balaban J connectivity index is 1.49. The molecular formula is C20H28N4. The molecule has 0 amide bonds. The van der Waals surface area contributed by atoms with E-state index < -0.39 is 0 Å². The van der Waals surface area contributed by atoms with Crippen molar-refractivity contribution in [2.45, 2.75) is 39.0 Å². The van der Waals surface area contributed by atoms with E-state index in [1.54, 1.807) is 0 Å². The van der Waals surface area contributed by atoms with Crippen molar-refractivity contribution in [3.05, 3.63) is 48.3 Å². The monoisotopic (exact) mass is 324 g/mol. The van der Waals surface area contributed by atoms with Gasteiger partial charge in [-0.05, 0) is 36.6 Å². The van der Waals surface area contributed by atoms with Crippen LogP contribution in [0.3, 0.4) is 0 Å². The molecule has 0 aliphatic carbocycles. The zero-order valence-corrected chi connectivity index (χ0v) is 14.7. The van der Waals surface area contributed by atoms with E-state index in [0.717, 1.165) is 32.1 Å². The van der Waals surface area contributed by atoms with E-state index in [1.165, 1.54) is 43.4 Å². The van der Waals surface area contributed by atoms with Crippen molar-refractivity contribution in [1.82, 2.24) is 9.97 Å². The van der Waals surface area contributed by atoms with E-state index in [0.29, 0.717) is 0 Å². The minimum absolute atomic E-state index is 0.847.